The molecule has 0 bridgehead atoms. The van der Waals surface area contributed by atoms with Crippen LogP contribution in [0, 0.1) is 11.6 Å². The number of nitrogens with two attached hydrogens (primary N) is 1. The predicted octanol–water partition coefficient (Wildman–Crippen LogP) is 4.37. The SMILES string of the molecule is Nc1n[nH]c(-c2c(F)cc(Br)cc2F)c1-c1ccccc1. The minimum Gasteiger partial charge on any atom is -0.382 e. The highest BCUT2D eigenvalue weighted by Crippen LogP contribution is 2.37. The Morgan fingerprint density at radius 1 is 1.00 bits per heavy atom. The molecule has 1 aromatic heterocycles. The highest BCUT2D eigenvalue weighted by Gasteiger charge is 2.21. The molecule has 6 heteroatoms. The molecule has 2 aromatic carbocycles. The van der Waals surface area contributed by atoms with Crippen LogP contribution in [-0.4, -0.2) is 10.2 Å². The Hall–Kier alpha value is -2.21. The summed E-state index contributed by atoms with van der Waals surface area (Å²) in [5.41, 5.74) is 7.11. The Bertz CT molecular complexity index is 777. The number of hydrogen-bond acceptors (Lipinski definition) is 2. The van der Waals surface area contributed by atoms with Crippen LogP contribution in [0.3, 0.4) is 0 Å². The third-order valence-corrected chi connectivity index (χ3v) is 3.57. The van der Waals surface area contributed by atoms with Crippen molar-refractivity contribution in [1.29, 1.82) is 0 Å². The van der Waals surface area contributed by atoms with Crippen LogP contribution in [0.4, 0.5) is 14.6 Å². The van der Waals surface area contributed by atoms with Gasteiger partial charge in [0, 0.05) is 4.47 Å². The second-order valence-corrected chi connectivity index (χ2v) is 5.38. The molecule has 0 aliphatic carbocycles. The topological polar surface area (TPSA) is 54.7 Å². The molecular weight excluding hydrogens is 340 g/mol. The monoisotopic (exact) mass is 349 g/mol. The molecule has 0 aliphatic heterocycles. The van der Waals surface area contributed by atoms with Crippen molar-refractivity contribution in [1.82, 2.24) is 10.2 Å². The average Bonchev–Trinajstić information content (AvgIpc) is 2.80. The molecule has 0 saturated heterocycles. The highest BCUT2D eigenvalue weighted by molar-refractivity contribution is 9.10. The third kappa shape index (κ3) is 2.42. The van der Waals surface area contributed by atoms with Gasteiger partial charge in [-0.05, 0) is 17.7 Å². The zero-order valence-electron chi connectivity index (χ0n) is 10.7. The van der Waals surface area contributed by atoms with Crippen LogP contribution in [-0.2, 0) is 0 Å². The molecule has 3 N–H and O–H groups in total. The van der Waals surface area contributed by atoms with Gasteiger partial charge < -0.3 is 5.73 Å². The molecule has 0 atom stereocenters. The molecule has 0 unspecified atom stereocenters. The quantitative estimate of drug-likeness (QED) is 0.721. The van der Waals surface area contributed by atoms with Crippen molar-refractivity contribution in [3.63, 3.8) is 0 Å². The fraction of sp³-hybridized carbons (Fsp3) is 0. The Balaban J connectivity index is 2.27. The first-order valence-electron chi connectivity index (χ1n) is 6.12. The van der Waals surface area contributed by atoms with Crippen LogP contribution in [0.1, 0.15) is 0 Å². The van der Waals surface area contributed by atoms with Crippen molar-refractivity contribution in [3.05, 3.63) is 58.6 Å². The van der Waals surface area contributed by atoms with E-state index >= 15 is 0 Å². The van der Waals surface area contributed by atoms with Crippen molar-refractivity contribution >= 4 is 21.7 Å². The van der Waals surface area contributed by atoms with E-state index < -0.39 is 11.6 Å². The first-order chi connectivity index (χ1) is 10.1. The van der Waals surface area contributed by atoms with Gasteiger partial charge in [-0.3, -0.25) is 5.10 Å². The van der Waals surface area contributed by atoms with Gasteiger partial charge in [-0.15, -0.1) is 0 Å². The molecule has 0 aliphatic rings. The smallest absolute Gasteiger partial charge is 0.153 e. The number of nitrogen functional groups attached to an aromatic ring is 1. The molecule has 0 amide bonds. The lowest BCUT2D eigenvalue weighted by Gasteiger charge is -2.07. The lowest BCUT2D eigenvalue weighted by molar-refractivity contribution is 0.587. The molecule has 0 saturated carbocycles. The maximum absolute atomic E-state index is 14.1. The number of nitrogens with zero attached hydrogens (tertiary/aromatic N) is 1. The third-order valence-electron chi connectivity index (χ3n) is 3.11. The van der Waals surface area contributed by atoms with Gasteiger partial charge >= 0.3 is 0 Å². The molecule has 106 valence electrons. The maximum Gasteiger partial charge on any atom is 0.153 e. The molecule has 0 fully saturated rings. The summed E-state index contributed by atoms with van der Waals surface area (Å²) in [6, 6.07) is 11.5. The van der Waals surface area contributed by atoms with Crippen LogP contribution >= 0.6 is 15.9 Å². The van der Waals surface area contributed by atoms with E-state index in [0.29, 0.717) is 10.0 Å². The minimum absolute atomic E-state index is 0.179. The van der Waals surface area contributed by atoms with E-state index in [1.807, 2.05) is 18.2 Å². The van der Waals surface area contributed by atoms with Crippen LogP contribution in [0.5, 0.6) is 0 Å². The van der Waals surface area contributed by atoms with Crippen molar-refractivity contribution in [3.8, 4) is 22.4 Å². The fourth-order valence-electron chi connectivity index (χ4n) is 2.21. The van der Waals surface area contributed by atoms with E-state index in [0.717, 1.165) is 5.56 Å². The van der Waals surface area contributed by atoms with Gasteiger partial charge in [0.15, 0.2) is 5.82 Å². The Morgan fingerprint density at radius 3 is 2.24 bits per heavy atom. The van der Waals surface area contributed by atoms with Crippen molar-refractivity contribution in [2.75, 3.05) is 5.73 Å². The minimum atomic E-state index is -0.692. The van der Waals surface area contributed by atoms with E-state index in [1.165, 1.54) is 12.1 Å². The van der Waals surface area contributed by atoms with E-state index in [4.69, 9.17) is 5.73 Å². The van der Waals surface area contributed by atoms with Crippen LogP contribution < -0.4 is 5.73 Å². The number of aromatic amines is 1. The molecule has 3 aromatic rings. The Kier molecular flexibility index (Phi) is 3.47. The zero-order valence-corrected chi connectivity index (χ0v) is 12.3. The van der Waals surface area contributed by atoms with Crippen molar-refractivity contribution < 1.29 is 8.78 Å². The molecular formula is C15H10BrF2N3. The fourth-order valence-corrected chi connectivity index (χ4v) is 2.62. The normalized spacial score (nSPS) is 10.8. The van der Waals surface area contributed by atoms with Crippen molar-refractivity contribution in [2.24, 2.45) is 0 Å². The van der Waals surface area contributed by atoms with E-state index in [2.05, 4.69) is 26.1 Å². The summed E-state index contributed by atoms with van der Waals surface area (Å²) >= 11 is 3.06. The summed E-state index contributed by atoms with van der Waals surface area (Å²) in [4.78, 5) is 0. The average molecular weight is 350 g/mol. The number of hydrogen-bond donors (Lipinski definition) is 2. The number of halogens is 3. The van der Waals surface area contributed by atoms with Gasteiger partial charge in [0.25, 0.3) is 0 Å². The van der Waals surface area contributed by atoms with Crippen LogP contribution in [0.25, 0.3) is 22.4 Å². The summed E-state index contributed by atoms with van der Waals surface area (Å²) in [5.74, 6) is -1.19. The molecule has 21 heavy (non-hydrogen) atoms. The van der Waals surface area contributed by atoms with E-state index in [1.54, 1.807) is 12.1 Å². The standard InChI is InChI=1S/C15H10BrF2N3/c16-9-6-10(17)13(11(18)7-9)14-12(15(19)21-20-14)8-4-2-1-3-5-8/h1-7H,(H3,19,20,21). The highest BCUT2D eigenvalue weighted by atomic mass is 79.9. The lowest BCUT2D eigenvalue weighted by atomic mass is 10.0. The lowest BCUT2D eigenvalue weighted by Crippen LogP contribution is -1.94. The second-order valence-electron chi connectivity index (χ2n) is 4.47. The van der Waals surface area contributed by atoms with Gasteiger partial charge in [0.2, 0.25) is 0 Å². The number of anilines is 1. The number of H-pyrrole nitrogens is 1. The molecule has 3 nitrogen and oxygen atoms in total. The Morgan fingerprint density at radius 2 is 1.62 bits per heavy atom. The van der Waals surface area contributed by atoms with Gasteiger partial charge in [-0.25, -0.2) is 8.78 Å². The first-order valence-corrected chi connectivity index (χ1v) is 6.91. The van der Waals surface area contributed by atoms with Gasteiger partial charge in [0.05, 0.1) is 16.8 Å². The number of rotatable bonds is 2. The van der Waals surface area contributed by atoms with E-state index in [9.17, 15) is 8.78 Å². The first kappa shape index (κ1) is 13.8. The number of aromatic nitrogens is 2. The zero-order chi connectivity index (χ0) is 15.0. The van der Waals surface area contributed by atoms with Crippen molar-refractivity contribution in [2.45, 2.75) is 0 Å². The summed E-state index contributed by atoms with van der Waals surface area (Å²) in [7, 11) is 0. The predicted molar refractivity (Wildman–Crippen MR) is 81.5 cm³/mol. The van der Waals surface area contributed by atoms with Gasteiger partial charge in [-0.2, -0.15) is 5.10 Å². The molecule has 0 radical (unpaired) electrons. The van der Waals surface area contributed by atoms with Crippen LogP contribution in [0.2, 0.25) is 0 Å². The molecule has 0 spiro atoms. The van der Waals surface area contributed by atoms with Crippen LogP contribution in [0.15, 0.2) is 46.9 Å². The largest absolute Gasteiger partial charge is 0.382 e. The number of nitrogens with one attached hydrogen (secondary N) is 1. The summed E-state index contributed by atoms with van der Waals surface area (Å²) in [6.45, 7) is 0. The number of benzene rings is 2. The second kappa shape index (κ2) is 5.29. The van der Waals surface area contributed by atoms with Gasteiger partial charge in [-0.1, -0.05) is 46.3 Å². The summed E-state index contributed by atoms with van der Waals surface area (Å²) < 4.78 is 28.6. The maximum atomic E-state index is 14.1. The van der Waals surface area contributed by atoms with E-state index in [-0.39, 0.29) is 17.1 Å². The van der Waals surface area contributed by atoms with Gasteiger partial charge in [0.1, 0.15) is 11.6 Å². The molecule has 1 heterocycles. The summed E-state index contributed by atoms with van der Waals surface area (Å²) in [6.07, 6.45) is 0. The Labute approximate surface area is 127 Å². The molecule has 3 rings (SSSR count). The summed E-state index contributed by atoms with van der Waals surface area (Å²) in [5, 5.41) is 6.50.